The number of hydrogen-bond donors (Lipinski definition) is 2. The van der Waals surface area contributed by atoms with Crippen molar-refractivity contribution in [2.45, 2.75) is 45.3 Å². The van der Waals surface area contributed by atoms with Crippen molar-refractivity contribution in [1.29, 1.82) is 0 Å². The fourth-order valence-electron chi connectivity index (χ4n) is 3.12. The maximum absolute atomic E-state index is 5.60. The van der Waals surface area contributed by atoms with Gasteiger partial charge in [-0.05, 0) is 32.6 Å². The van der Waals surface area contributed by atoms with Crippen LogP contribution in [-0.2, 0) is 11.2 Å². The highest BCUT2D eigenvalue weighted by Gasteiger charge is 2.30. The molecule has 20 heavy (non-hydrogen) atoms. The molecule has 2 aliphatic rings. The number of anilines is 1. The molecule has 2 N–H and O–H groups in total. The van der Waals surface area contributed by atoms with Gasteiger partial charge in [-0.15, -0.1) is 5.10 Å². The van der Waals surface area contributed by atoms with Crippen LogP contribution in [0.3, 0.4) is 0 Å². The molecule has 0 amide bonds. The Morgan fingerprint density at radius 1 is 1.40 bits per heavy atom. The molecule has 112 valence electrons. The smallest absolute Gasteiger partial charge is 0.244 e. The van der Waals surface area contributed by atoms with Crippen molar-refractivity contribution < 1.29 is 4.74 Å². The van der Waals surface area contributed by atoms with E-state index >= 15 is 0 Å². The van der Waals surface area contributed by atoms with Crippen molar-refractivity contribution in [1.82, 2.24) is 20.5 Å². The zero-order valence-electron chi connectivity index (χ0n) is 12.4. The molecule has 1 atom stereocenters. The van der Waals surface area contributed by atoms with Gasteiger partial charge in [0.15, 0.2) is 0 Å². The van der Waals surface area contributed by atoms with Crippen LogP contribution in [0.5, 0.6) is 0 Å². The van der Waals surface area contributed by atoms with E-state index in [-0.39, 0.29) is 0 Å². The van der Waals surface area contributed by atoms with Gasteiger partial charge in [-0.1, -0.05) is 0 Å². The molecule has 1 aliphatic carbocycles. The molecule has 0 bridgehead atoms. The predicted octanol–water partition coefficient (Wildman–Crippen LogP) is 0.960. The lowest BCUT2D eigenvalue weighted by Gasteiger charge is -2.34. The van der Waals surface area contributed by atoms with E-state index < -0.39 is 0 Å². The summed E-state index contributed by atoms with van der Waals surface area (Å²) in [6.07, 6.45) is 3.79. The standard InChI is InChI=1S/C14H25N5O/c1-3-20-12-6-11(7-12)8-13-16-14(18-17-13)19-5-4-15-10(2)9-19/h10-12,15H,3-9H2,1-2H3,(H,16,17,18)/t10-,11?,12?/m1/s1. The van der Waals surface area contributed by atoms with Gasteiger partial charge in [0.1, 0.15) is 5.82 Å². The molecule has 1 saturated heterocycles. The summed E-state index contributed by atoms with van der Waals surface area (Å²) in [5, 5.41) is 10.9. The molecule has 0 unspecified atom stereocenters. The van der Waals surface area contributed by atoms with Crippen LogP contribution in [-0.4, -0.2) is 53.6 Å². The molecule has 3 rings (SSSR count). The highest BCUT2D eigenvalue weighted by atomic mass is 16.5. The predicted molar refractivity (Wildman–Crippen MR) is 77.9 cm³/mol. The van der Waals surface area contributed by atoms with Crippen molar-refractivity contribution in [2.24, 2.45) is 5.92 Å². The van der Waals surface area contributed by atoms with E-state index in [4.69, 9.17) is 4.74 Å². The van der Waals surface area contributed by atoms with Crippen LogP contribution in [0.25, 0.3) is 0 Å². The first-order valence-corrected chi connectivity index (χ1v) is 7.75. The number of aromatic amines is 1. The average molecular weight is 279 g/mol. The first-order chi connectivity index (χ1) is 9.74. The number of nitrogens with one attached hydrogen (secondary N) is 2. The minimum absolute atomic E-state index is 0.474. The van der Waals surface area contributed by atoms with Gasteiger partial charge in [0.05, 0.1) is 6.10 Å². The van der Waals surface area contributed by atoms with Gasteiger partial charge in [-0.2, -0.15) is 4.98 Å². The second-order valence-corrected chi connectivity index (χ2v) is 6.00. The molecule has 6 nitrogen and oxygen atoms in total. The number of rotatable bonds is 5. The molecule has 0 radical (unpaired) electrons. The Hall–Kier alpha value is -1.14. The van der Waals surface area contributed by atoms with Gasteiger partial charge in [0.2, 0.25) is 5.95 Å². The van der Waals surface area contributed by atoms with Gasteiger partial charge >= 0.3 is 0 Å². The number of aromatic nitrogens is 3. The van der Waals surface area contributed by atoms with Crippen LogP contribution < -0.4 is 10.2 Å². The molecule has 0 spiro atoms. The van der Waals surface area contributed by atoms with Gasteiger partial charge in [-0.3, -0.25) is 5.10 Å². The van der Waals surface area contributed by atoms with Crippen LogP contribution in [0.4, 0.5) is 5.95 Å². The summed E-state index contributed by atoms with van der Waals surface area (Å²) >= 11 is 0. The Labute approximate surface area is 120 Å². The Kier molecular flexibility index (Phi) is 4.21. The van der Waals surface area contributed by atoms with Crippen molar-refractivity contribution >= 4 is 5.95 Å². The number of piperazine rings is 1. The van der Waals surface area contributed by atoms with Crippen LogP contribution >= 0.6 is 0 Å². The van der Waals surface area contributed by atoms with E-state index in [0.717, 1.165) is 57.3 Å². The molecule has 2 fully saturated rings. The van der Waals surface area contributed by atoms with E-state index in [2.05, 4.69) is 39.2 Å². The largest absolute Gasteiger partial charge is 0.378 e. The van der Waals surface area contributed by atoms with E-state index in [9.17, 15) is 0 Å². The van der Waals surface area contributed by atoms with E-state index in [1.165, 1.54) is 0 Å². The van der Waals surface area contributed by atoms with Gasteiger partial charge in [0, 0.05) is 38.7 Å². The molecule has 0 aromatic carbocycles. The topological polar surface area (TPSA) is 66.1 Å². The first kappa shape index (κ1) is 13.8. The zero-order valence-corrected chi connectivity index (χ0v) is 12.4. The Bertz CT molecular complexity index is 429. The van der Waals surface area contributed by atoms with Crippen molar-refractivity contribution in [2.75, 3.05) is 31.1 Å². The van der Waals surface area contributed by atoms with Gasteiger partial charge < -0.3 is 15.0 Å². The molecular formula is C14H25N5O. The highest BCUT2D eigenvalue weighted by Crippen LogP contribution is 2.32. The van der Waals surface area contributed by atoms with Crippen LogP contribution in [0.1, 0.15) is 32.5 Å². The van der Waals surface area contributed by atoms with Crippen LogP contribution in [0.2, 0.25) is 0 Å². The lowest BCUT2D eigenvalue weighted by molar-refractivity contribution is -0.0245. The molecule has 6 heteroatoms. The summed E-state index contributed by atoms with van der Waals surface area (Å²) in [4.78, 5) is 6.91. The van der Waals surface area contributed by atoms with Crippen LogP contribution in [0, 0.1) is 5.92 Å². The van der Waals surface area contributed by atoms with E-state index in [1.807, 2.05) is 0 Å². The molecule has 1 aromatic heterocycles. The molecule has 1 saturated carbocycles. The lowest BCUT2D eigenvalue weighted by Crippen LogP contribution is -2.49. The van der Waals surface area contributed by atoms with Gasteiger partial charge in [0.25, 0.3) is 0 Å². The Morgan fingerprint density at radius 2 is 2.25 bits per heavy atom. The molecule has 2 heterocycles. The Balaban J connectivity index is 1.50. The Morgan fingerprint density at radius 3 is 3.00 bits per heavy atom. The summed E-state index contributed by atoms with van der Waals surface area (Å²) < 4.78 is 5.60. The maximum atomic E-state index is 5.60. The molecule has 1 aliphatic heterocycles. The maximum Gasteiger partial charge on any atom is 0.244 e. The number of hydrogen-bond acceptors (Lipinski definition) is 5. The monoisotopic (exact) mass is 279 g/mol. The fourth-order valence-corrected chi connectivity index (χ4v) is 3.12. The number of H-pyrrole nitrogens is 1. The summed E-state index contributed by atoms with van der Waals surface area (Å²) in [6, 6.07) is 0.504. The minimum Gasteiger partial charge on any atom is -0.378 e. The average Bonchev–Trinajstić information content (AvgIpc) is 2.85. The normalized spacial score (nSPS) is 30.3. The third kappa shape index (κ3) is 3.12. The third-order valence-corrected chi connectivity index (χ3v) is 4.25. The second-order valence-electron chi connectivity index (χ2n) is 6.00. The molecular weight excluding hydrogens is 254 g/mol. The van der Waals surface area contributed by atoms with Crippen molar-refractivity contribution in [3.05, 3.63) is 5.82 Å². The molecule has 1 aromatic rings. The highest BCUT2D eigenvalue weighted by molar-refractivity contribution is 5.30. The van der Waals surface area contributed by atoms with Crippen molar-refractivity contribution in [3.8, 4) is 0 Å². The second kappa shape index (κ2) is 6.10. The summed E-state index contributed by atoms with van der Waals surface area (Å²) in [5.41, 5.74) is 0. The summed E-state index contributed by atoms with van der Waals surface area (Å²) in [6.45, 7) is 8.05. The summed E-state index contributed by atoms with van der Waals surface area (Å²) in [7, 11) is 0. The van der Waals surface area contributed by atoms with Gasteiger partial charge in [-0.25, -0.2) is 0 Å². The fraction of sp³-hybridized carbons (Fsp3) is 0.857. The summed E-state index contributed by atoms with van der Waals surface area (Å²) in [5.74, 6) is 2.58. The first-order valence-electron chi connectivity index (χ1n) is 7.75. The number of ether oxygens (including phenoxy) is 1. The SMILES string of the molecule is CCOC1CC(Cc2nc(N3CCN[C@H](C)C3)n[nH]2)C1. The zero-order chi connectivity index (χ0) is 13.9. The lowest BCUT2D eigenvalue weighted by atomic mass is 9.80. The van der Waals surface area contributed by atoms with Crippen molar-refractivity contribution in [3.63, 3.8) is 0 Å². The third-order valence-electron chi connectivity index (χ3n) is 4.25. The van der Waals surface area contributed by atoms with Crippen LogP contribution in [0.15, 0.2) is 0 Å². The van der Waals surface area contributed by atoms with E-state index in [0.29, 0.717) is 18.1 Å². The quantitative estimate of drug-likeness (QED) is 0.840. The minimum atomic E-state index is 0.474. The number of nitrogens with zero attached hydrogens (tertiary/aromatic N) is 3. The van der Waals surface area contributed by atoms with E-state index in [1.54, 1.807) is 0 Å².